The summed E-state index contributed by atoms with van der Waals surface area (Å²) in [5.41, 5.74) is 0.445. The van der Waals surface area contributed by atoms with Gasteiger partial charge in [0.1, 0.15) is 43.2 Å². The van der Waals surface area contributed by atoms with Crippen molar-refractivity contribution in [2.75, 3.05) is 26.9 Å². The maximum Gasteiger partial charge on any atom is 0.471 e. The van der Waals surface area contributed by atoms with Gasteiger partial charge < -0.3 is 67.3 Å². The summed E-state index contributed by atoms with van der Waals surface area (Å²) in [6.45, 7) is 9.86. The van der Waals surface area contributed by atoms with Crippen LogP contribution in [0, 0.1) is 0 Å². The number of nitrogens with one attached hydrogen (secondary N) is 1. The number of rotatable bonds is 25. The first-order chi connectivity index (χ1) is 36.6. The van der Waals surface area contributed by atoms with E-state index in [-0.39, 0.29) is 13.2 Å². The van der Waals surface area contributed by atoms with E-state index in [2.05, 4.69) is 0 Å². The molecule has 0 bridgehead atoms. The molecule has 2 aliphatic heterocycles. The van der Waals surface area contributed by atoms with Gasteiger partial charge >= 0.3 is 59.8 Å². The summed E-state index contributed by atoms with van der Waals surface area (Å²) in [7, 11) is -1.12. The Morgan fingerprint density at radius 1 is 0.709 bits per heavy atom. The maximum atomic E-state index is 14.2. The number of benzene rings is 1. The van der Waals surface area contributed by atoms with Crippen LogP contribution in [0.25, 0.3) is 0 Å². The summed E-state index contributed by atoms with van der Waals surface area (Å²) < 4.78 is 112. The number of imide groups is 1. The summed E-state index contributed by atoms with van der Waals surface area (Å²) in [5.74, 6) is -22.0. The van der Waals surface area contributed by atoms with Crippen molar-refractivity contribution >= 4 is 73.5 Å². The van der Waals surface area contributed by atoms with Crippen molar-refractivity contribution in [1.29, 1.82) is 0 Å². The van der Waals surface area contributed by atoms with Gasteiger partial charge in [-0.2, -0.15) is 13.2 Å². The van der Waals surface area contributed by atoms with Crippen molar-refractivity contribution in [2.24, 2.45) is 0 Å². The number of hydrogen-bond acceptors (Lipinski definition) is 23. The van der Waals surface area contributed by atoms with Crippen LogP contribution < -0.4 is 5.32 Å². The van der Waals surface area contributed by atoms with Gasteiger partial charge in [-0.1, -0.05) is 50.0 Å². The molecule has 2 aliphatic rings. The van der Waals surface area contributed by atoms with E-state index < -0.39 is 178 Å². The van der Waals surface area contributed by atoms with Crippen LogP contribution in [0.1, 0.15) is 73.8 Å². The number of carboxylic acids is 1. The van der Waals surface area contributed by atoms with Crippen LogP contribution in [0.4, 0.5) is 13.2 Å². The number of ether oxygens (including phenoxy) is 12. The zero-order valence-electron chi connectivity index (χ0n) is 45.5. The first-order valence-corrected chi connectivity index (χ1v) is 28.1. The van der Waals surface area contributed by atoms with Crippen molar-refractivity contribution in [2.45, 2.75) is 179 Å². The third-order valence-electron chi connectivity index (χ3n) is 11.7. The second kappa shape index (κ2) is 28.5. The van der Waals surface area contributed by atoms with Crippen molar-refractivity contribution in [1.82, 2.24) is 10.2 Å². The third kappa shape index (κ3) is 19.3. The molecular formula is C49H67F3N2O24Si. The molecule has 0 aromatic heterocycles. The van der Waals surface area contributed by atoms with Gasteiger partial charge in [0.15, 0.2) is 18.3 Å². The highest BCUT2D eigenvalue weighted by atomic mass is 28.3. The van der Waals surface area contributed by atoms with Gasteiger partial charge in [0, 0.05) is 70.1 Å². The number of halogens is 3. The number of carbonyl (C=O) groups is 11. The lowest BCUT2D eigenvalue weighted by Gasteiger charge is -2.52. The Balaban J connectivity index is 2.62. The molecule has 12 atom stereocenters. The van der Waals surface area contributed by atoms with Crippen molar-refractivity contribution in [3.8, 4) is 0 Å². The van der Waals surface area contributed by atoms with Crippen LogP contribution in [0.3, 0.4) is 0 Å². The van der Waals surface area contributed by atoms with Crippen LogP contribution in [-0.2, 0) is 116 Å². The zero-order chi connectivity index (χ0) is 60.0. The zero-order valence-corrected chi connectivity index (χ0v) is 46.5. The molecule has 0 radical (unpaired) electrons. The van der Waals surface area contributed by atoms with Gasteiger partial charge in [-0.15, -0.1) is 0 Å². The quantitative estimate of drug-likeness (QED) is 0.0805. The minimum Gasteiger partial charge on any atom is -0.477 e. The first kappa shape index (κ1) is 66.7. The predicted molar refractivity (Wildman–Crippen MR) is 259 cm³/mol. The minimum absolute atomic E-state index is 0.257. The molecule has 2 heterocycles. The number of carboxylic acid groups (broad SMARTS) is 1. The number of methoxy groups -OCH3 is 1. The van der Waals surface area contributed by atoms with E-state index in [0.717, 1.165) is 62.5 Å². The Labute approximate surface area is 452 Å². The van der Waals surface area contributed by atoms with E-state index in [1.807, 2.05) is 19.6 Å². The van der Waals surface area contributed by atoms with Crippen LogP contribution in [-0.4, -0.2) is 189 Å². The monoisotopic (exact) mass is 1150 g/mol. The molecule has 2 saturated heterocycles. The molecule has 0 unspecified atom stereocenters. The molecule has 2 N–H and O–H groups in total. The normalized spacial score (nSPS) is 24.6. The smallest absolute Gasteiger partial charge is 0.471 e. The highest BCUT2D eigenvalue weighted by molar-refractivity contribution is 6.76. The molecule has 0 saturated carbocycles. The Morgan fingerprint density at radius 2 is 1.23 bits per heavy atom. The second-order valence-electron chi connectivity index (χ2n) is 19.5. The van der Waals surface area contributed by atoms with Gasteiger partial charge in [-0.3, -0.25) is 48.1 Å². The van der Waals surface area contributed by atoms with E-state index in [4.69, 9.17) is 56.8 Å². The molecule has 3 rings (SSSR count). The van der Waals surface area contributed by atoms with E-state index >= 15 is 0 Å². The molecule has 26 nitrogen and oxygen atoms in total. The van der Waals surface area contributed by atoms with Gasteiger partial charge in [0.25, 0.3) is 11.6 Å². The number of nitrogens with zero attached hydrogens (tertiary/aromatic N) is 1. The van der Waals surface area contributed by atoms with Crippen LogP contribution >= 0.6 is 0 Å². The Hall–Kier alpha value is -6.60. The predicted octanol–water partition coefficient (Wildman–Crippen LogP) is 2.20. The number of amides is 3. The van der Waals surface area contributed by atoms with Crippen molar-refractivity contribution < 1.29 is 128 Å². The fourth-order valence-electron chi connectivity index (χ4n) is 8.66. The molecule has 79 heavy (non-hydrogen) atoms. The number of alkyl halides is 3. The summed E-state index contributed by atoms with van der Waals surface area (Å²) in [6, 6.07) is 3.93. The van der Waals surface area contributed by atoms with Gasteiger partial charge in [0.05, 0.1) is 39.2 Å². The van der Waals surface area contributed by atoms with E-state index in [1.165, 1.54) is 0 Å². The standard InChI is InChI=1S/C49H67F3N2O24Si/c1-25(55)54(26(2)56)39-35(72-29(5)59)21-48(46(66)67-9,70-18-19-79(10,11)12)78-43(39)41(75-32(8)62)37(23-68-22-33-16-14-13-15-17-33)76-47(45(64)65)20-34(71-28(4)58)38(53-44(63)49(50,51)52)42(77-47)40(74-31(7)61)36(73-30(6)60)24-69-27(3)57/h13-17,34-43H,18-24H2,1-12H3,(H,53,63)(H,64,65)/t34-,35-,36+,37+,38+,39+,40+,41+,42+,43+,47+,48+/m0/s1. The molecular weight excluding hydrogens is 1090 g/mol. The minimum atomic E-state index is -5.74. The lowest BCUT2D eigenvalue weighted by molar-refractivity contribution is -0.350. The van der Waals surface area contributed by atoms with E-state index in [0.29, 0.717) is 16.5 Å². The number of esters is 7. The SMILES string of the molecule is COC(=O)[C@@]1(OCC[Si](C)(C)C)C[C@H](OC(C)=O)[C@@H](N(C(C)=O)C(C)=O)[C@H]([C@H](OC(C)=O)[C@@H](COCc2ccccc2)O[C@]2(C(=O)O)C[C@H](OC(C)=O)[C@@H](NC(=O)C(F)(F)F)[C@H]([C@H](OC(C)=O)[C@@H](COC(C)=O)OC(C)=O)O2)O1. The Kier molecular flexibility index (Phi) is 24.1. The second-order valence-corrected chi connectivity index (χ2v) is 25.1. The van der Waals surface area contributed by atoms with Crippen LogP contribution in [0.5, 0.6) is 0 Å². The average molecular weight is 1150 g/mol. The Morgan fingerprint density at radius 3 is 1.70 bits per heavy atom. The largest absolute Gasteiger partial charge is 0.477 e. The topological polar surface area (TPSA) is 334 Å². The molecule has 442 valence electrons. The van der Waals surface area contributed by atoms with Gasteiger partial charge in [0.2, 0.25) is 11.8 Å². The molecule has 1 aromatic carbocycles. The molecule has 30 heteroatoms. The highest BCUT2D eigenvalue weighted by Crippen LogP contribution is 2.43. The summed E-state index contributed by atoms with van der Waals surface area (Å²) in [6.07, 6.45) is -26.4. The summed E-state index contributed by atoms with van der Waals surface area (Å²) in [4.78, 5) is 146. The Bertz CT molecular complexity index is 2370. The molecule has 3 amide bonds. The van der Waals surface area contributed by atoms with E-state index in [9.17, 15) is 71.0 Å². The molecule has 0 aliphatic carbocycles. The number of aliphatic carboxylic acids is 1. The highest BCUT2D eigenvalue weighted by Gasteiger charge is 2.64. The van der Waals surface area contributed by atoms with Gasteiger partial charge in [-0.05, 0) is 11.6 Å². The summed E-state index contributed by atoms with van der Waals surface area (Å²) >= 11 is 0. The van der Waals surface area contributed by atoms with Crippen LogP contribution in [0.15, 0.2) is 30.3 Å². The number of hydrogen-bond donors (Lipinski definition) is 2. The maximum absolute atomic E-state index is 14.2. The van der Waals surface area contributed by atoms with Crippen molar-refractivity contribution in [3.63, 3.8) is 0 Å². The van der Waals surface area contributed by atoms with Crippen molar-refractivity contribution in [3.05, 3.63) is 35.9 Å². The fraction of sp³-hybridized carbons (Fsp3) is 0.653. The number of carbonyl (C=O) groups excluding carboxylic acids is 10. The third-order valence-corrected chi connectivity index (χ3v) is 13.4. The van der Waals surface area contributed by atoms with E-state index in [1.54, 1.807) is 35.6 Å². The average Bonchev–Trinajstić information content (AvgIpc) is 3.31. The fourth-order valence-corrected chi connectivity index (χ4v) is 9.38. The lowest BCUT2D eigenvalue weighted by atomic mass is 9.86. The van der Waals surface area contributed by atoms with Crippen LogP contribution in [0.2, 0.25) is 25.7 Å². The summed E-state index contributed by atoms with van der Waals surface area (Å²) in [5, 5.41) is 13.0. The van der Waals surface area contributed by atoms with Gasteiger partial charge in [-0.25, -0.2) is 9.59 Å². The molecule has 0 spiro atoms. The molecule has 1 aromatic rings. The molecule has 2 fully saturated rings. The first-order valence-electron chi connectivity index (χ1n) is 24.3. The lowest BCUT2D eigenvalue weighted by Crippen LogP contribution is -2.72.